The fourth-order valence-electron chi connectivity index (χ4n) is 1.53. The molecule has 2 rings (SSSR count). The fraction of sp³-hybridized carbons (Fsp3) is 0.167. The molecule has 0 bridgehead atoms. The molecule has 0 saturated heterocycles. The van der Waals surface area contributed by atoms with Crippen LogP contribution in [0.15, 0.2) is 42.6 Å². The predicted molar refractivity (Wildman–Crippen MR) is 71.2 cm³/mol. The number of pyridine rings is 1. The zero-order valence-electron chi connectivity index (χ0n) is 9.15. The quantitative estimate of drug-likeness (QED) is 0.596. The van der Waals surface area contributed by atoms with Gasteiger partial charge in [-0.15, -0.1) is 0 Å². The van der Waals surface area contributed by atoms with Crippen molar-refractivity contribution >= 4 is 51.8 Å². The summed E-state index contributed by atoms with van der Waals surface area (Å²) in [5, 5.41) is 0.922. The Morgan fingerprint density at radius 2 is 1.83 bits per heavy atom. The van der Waals surface area contributed by atoms with Gasteiger partial charge in [-0.3, -0.25) is 0 Å². The van der Waals surface area contributed by atoms with Crippen LogP contribution < -0.4 is 4.57 Å². The molecule has 18 heavy (non-hydrogen) atoms. The highest BCUT2D eigenvalue weighted by Crippen LogP contribution is 2.25. The Balaban J connectivity index is 2.28. The molecule has 0 fully saturated rings. The van der Waals surface area contributed by atoms with Crippen molar-refractivity contribution in [2.75, 3.05) is 6.61 Å². The van der Waals surface area contributed by atoms with E-state index >= 15 is 0 Å². The molecule has 6 heteroatoms. The van der Waals surface area contributed by atoms with Crippen LogP contribution in [0.3, 0.4) is 0 Å². The minimum atomic E-state index is -1.61. The summed E-state index contributed by atoms with van der Waals surface area (Å²) in [7, 11) is 0. The van der Waals surface area contributed by atoms with Gasteiger partial charge in [0, 0.05) is 17.5 Å². The van der Waals surface area contributed by atoms with Gasteiger partial charge in [0.05, 0.1) is 0 Å². The van der Waals surface area contributed by atoms with Crippen LogP contribution >= 0.6 is 34.8 Å². The van der Waals surface area contributed by atoms with E-state index in [2.05, 4.69) is 0 Å². The maximum Gasteiger partial charge on any atom is 0.602 e. The molecule has 2 aromatic rings. The van der Waals surface area contributed by atoms with Crippen LogP contribution in [0.4, 0.5) is 4.79 Å². The third kappa shape index (κ3) is 3.25. The number of alkyl halides is 3. The average molecular weight is 306 g/mol. The minimum Gasteiger partial charge on any atom is -0.407 e. The van der Waals surface area contributed by atoms with Crippen LogP contribution in [0, 0.1) is 0 Å². The number of hydrogen-bond donors (Lipinski definition) is 0. The molecule has 0 spiro atoms. The van der Waals surface area contributed by atoms with Crippen molar-refractivity contribution < 1.29 is 14.1 Å². The lowest BCUT2D eigenvalue weighted by Crippen LogP contribution is -2.44. The first kappa shape index (κ1) is 13.4. The Labute approximate surface area is 119 Å². The summed E-state index contributed by atoms with van der Waals surface area (Å²) in [4.78, 5) is 11.9. The summed E-state index contributed by atoms with van der Waals surface area (Å²) in [5.74, 6) is 0. The van der Waals surface area contributed by atoms with Gasteiger partial charge in [0.25, 0.3) is 0 Å². The molecule has 0 aliphatic rings. The van der Waals surface area contributed by atoms with Gasteiger partial charge in [-0.05, 0) is 12.1 Å². The van der Waals surface area contributed by atoms with Gasteiger partial charge in [-0.1, -0.05) is 51.5 Å². The van der Waals surface area contributed by atoms with Crippen LogP contribution in [0.1, 0.15) is 0 Å². The molecule has 0 amide bonds. The van der Waals surface area contributed by atoms with Crippen molar-refractivity contribution in [2.24, 2.45) is 0 Å². The van der Waals surface area contributed by atoms with E-state index in [0.29, 0.717) is 0 Å². The first-order valence-corrected chi connectivity index (χ1v) is 6.24. The Morgan fingerprint density at radius 1 is 1.17 bits per heavy atom. The number of para-hydroxylation sites is 1. The van der Waals surface area contributed by atoms with Gasteiger partial charge in [-0.2, -0.15) is 4.79 Å². The highest BCUT2D eigenvalue weighted by molar-refractivity contribution is 6.67. The number of halogens is 3. The molecule has 3 nitrogen and oxygen atoms in total. The van der Waals surface area contributed by atoms with Gasteiger partial charge in [0.15, 0.2) is 6.20 Å². The number of nitrogens with zero attached hydrogens (tertiary/aromatic N) is 1. The molecule has 0 aliphatic heterocycles. The molecule has 1 aromatic heterocycles. The molecule has 0 radical (unpaired) electrons. The van der Waals surface area contributed by atoms with E-state index in [1.54, 1.807) is 12.3 Å². The highest BCUT2D eigenvalue weighted by Gasteiger charge is 2.27. The molecule has 0 aliphatic carbocycles. The van der Waals surface area contributed by atoms with Crippen LogP contribution in [-0.2, 0) is 4.74 Å². The lowest BCUT2D eigenvalue weighted by molar-refractivity contribution is -0.558. The van der Waals surface area contributed by atoms with E-state index in [-0.39, 0.29) is 6.61 Å². The lowest BCUT2D eigenvalue weighted by atomic mass is 10.2. The number of carbonyl (C=O) groups excluding carboxylic acids is 1. The number of benzene rings is 1. The molecule has 0 unspecified atom stereocenters. The molecule has 0 N–H and O–H groups in total. The predicted octanol–water partition coefficient (Wildman–Crippen LogP) is 3.48. The first-order valence-electron chi connectivity index (χ1n) is 5.11. The third-order valence-electron chi connectivity index (χ3n) is 2.26. The number of aromatic nitrogens is 1. The van der Waals surface area contributed by atoms with E-state index in [1.165, 1.54) is 4.57 Å². The number of carbonyl (C=O) groups is 1. The Morgan fingerprint density at radius 3 is 2.56 bits per heavy atom. The van der Waals surface area contributed by atoms with Crippen LogP contribution in [0.5, 0.6) is 0 Å². The lowest BCUT2D eigenvalue weighted by Gasteiger charge is -2.08. The molecular formula is C12H9Cl3NO2+. The molecule has 1 heterocycles. The van der Waals surface area contributed by atoms with E-state index < -0.39 is 9.89 Å². The number of ether oxygens (including phenoxy) is 1. The fourth-order valence-corrected chi connectivity index (χ4v) is 1.70. The van der Waals surface area contributed by atoms with Crippen molar-refractivity contribution in [3.8, 4) is 0 Å². The second-order valence-corrected chi connectivity index (χ2v) is 6.12. The Kier molecular flexibility index (Phi) is 3.95. The molecule has 0 saturated carbocycles. The van der Waals surface area contributed by atoms with E-state index in [4.69, 9.17) is 39.5 Å². The topological polar surface area (TPSA) is 30.2 Å². The summed E-state index contributed by atoms with van der Waals surface area (Å²) in [6.45, 7) is -0.299. The third-order valence-corrected chi connectivity index (χ3v) is 2.59. The summed E-state index contributed by atoms with van der Waals surface area (Å²) in [5.41, 5.74) is 0.731. The van der Waals surface area contributed by atoms with E-state index in [0.717, 1.165) is 10.9 Å². The monoisotopic (exact) mass is 304 g/mol. The van der Waals surface area contributed by atoms with E-state index in [9.17, 15) is 4.79 Å². The zero-order valence-corrected chi connectivity index (χ0v) is 11.4. The Bertz CT molecular complexity index is 576. The van der Waals surface area contributed by atoms with Crippen LogP contribution in [0.2, 0.25) is 0 Å². The van der Waals surface area contributed by atoms with E-state index in [1.807, 2.05) is 30.3 Å². The molecule has 0 atom stereocenters. The maximum atomic E-state index is 11.9. The van der Waals surface area contributed by atoms with Gasteiger partial charge in [0.2, 0.25) is 9.31 Å². The first-order chi connectivity index (χ1) is 8.47. The van der Waals surface area contributed by atoms with Crippen LogP contribution in [0.25, 0.3) is 10.9 Å². The maximum absolute atomic E-state index is 11.9. The molecule has 94 valence electrons. The molecular weight excluding hydrogens is 296 g/mol. The van der Waals surface area contributed by atoms with Crippen molar-refractivity contribution in [3.05, 3.63) is 42.6 Å². The van der Waals surface area contributed by atoms with Gasteiger partial charge >= 0.3 is 6.09 Å². The standard InChI is InChI=1S/C12H9Cl3NO2/c13-12(14,15)8-18-11(17)16-7-3-5-9-4-1-2-6-10(9)16/h1-7H,8H2/q+1. The summed E-state index contributed by atoms with van der Waals surface area (Å²) in [6, 6.07) is 11.1. The number of hydrogen-bond acceptors (Lipinski definition) is 2. The second kappa shape index (κ2) is 5.31. The summed E-state index contributed by atoms with van der Waals surface area (Å²) < 4.78 is 4.69. The van der Waals surface area contributed by atoms with Crippen molar-refractivity contribution in [1.29, 1.82) is 0 Å². The van der Waals surface area contributed by atoms with Crippen LogP contribution in [-0.4, -0.2) is 16.5 Å². The van der Waals surface area contributed by atoms with Crippen molar-refractivity contribution in [3.63, 3.8) is 0 Å². The zero-order chi connectivity index (χ0) is 13.2. The van der Waals surface area contributed by atoms with Gasteiger partial charge < -0.3 is 4.74 Å². The summed E-state index contributed by atoms with van der Waals surface area (Å²) >= 11 is 16.6. The highest BCUT2D eigenvalue weighted by atomic mass is 35.6. The van der Waals surface area contributed by atoms with Gasteiger partial charge in [-0.25, -0.2) is 0 Å². The van der Waals surface area contributed by atoms with Crippen molar-refractivity contribution in [2.45, 2.75) is 3.79 Å². The SMILES string of the molecule is O=C(OCC(Cl)(Cl)Cl)[n+]1cccc2ccccc21. The number of fused-ring (bicyclic) bond motifs is 1. The van der Waals surface area contributed by atoms with Crippen molar-refractivity contribution in [1.82, 2.24) is 0 Å². The minimum absolute atomic E-state index is 0.299. The average Bonchev–Trinajstić information content (AvgIpc) is 2.34. The normalized spacial score (nSPS) is 11.5. The molecule has 1 aromatic carbocycles. The number of rotatable bonds is 1. The van der Waals surface area contributed by atoms with Gasteiger partial charge in [0.1, 0.15) is 6.61 Å². The smallest absolute Gasteiger partial charge is 0.407 e. The Hall–Kier alpha value is -1.03. The second-order valence-electron chi connectivity index (χ2n) is 3.61. The largest absolute Gasteiger partial charge is 0.602 e. The summed E-state index contributed by atoms with van der Waals surface area (Å²) in [6.07, 6.45) is 1.02.